The summed E-state index contributed by atoms with van der Waals surface area (Å²) in [6, 6.07) is 29.8. The molecule has 11 heteroatoms. The van der Waals surface area contributed by atoms with Gasteiger partial charge in [0.05, 0.1) is 20.3 Å². The molecule has 0 saturated carbocycles. The SMILES string of the molecule is COc1cccc([C@H]2OC(c3ccc(OCCCO)cc3)=N[C@@]2(Cc2ccccc2CN=[N+]=[N-])C(=O)NCCc2ccc(Cl)cc2)c1. The van der Waals surface area contributed by atoms with Crippen molar-refractivity contribution in [2.45, 2.75) is 37.5 Å². The first-order valence-corrected chi connectivity index (χ1v) is 15.7. The van der Waals surface area contributed by atoms with Gasteiger partial charge in [-0.2, -0.15) is 0 Å². The molecule has 0 aliphatic carbocycles. The molecule has 0 fully saturated rings. The summed E-state index contributed by atoms with van der Waals surface area (Å²) in [4.78, 5) is 22.6. The summed E-state index contributed by atoms with van der Waals surface area (Å²) in [7, 11) is 1.59. The van der Waals surface area contributed by atoms with Crippen molar-refractivity contribution in [1.29, 1.82) is 0 Å². The van der Waals surface area contributed by atoms with E-state index in [0.717, 1.165) is 16.7 Å². The highest BCUT2D eigenvalue weighted by atomic mass is 35.5. The summed E-state index contributed by atoms with van der Waals surface area (Å²) < 4.78 is 17.9. The van der Waals surface area contributed by atoms with Gasteiger partial charge in [0, 0.05) is 41.5 Å². The van der Waals surface area contributed by atoms with Crippen molar-refractivity contribution in [1.82, 2.24) is 5.32 Å². The number of ether oxygens (including phenoxy) is 3. The number of hydrogen-bond donors (Lipinski definition) is 2. The third-order valence-corrected chi connectivity index (χ3v) is 8.17. The van der Waals surface area contributed by atoms with Crippen molar-refractivity contribution >= 4 is 23.4 Å². The van der Waals surface area contributed by atoms with Crippen LogP contribution in [0.5, 0.6) is 11.5 Å². The molecule has 4 aromatic rings. The topological polar surface area (TPSA) is 138 Å². The lowest BCUT2D eigenvalue weighted by Gasteiger charge is -2.31. The zero-order valence-electron chi connectivity index (χ0n) is 26.0. The van der Waals surface area contributed by atoms with Crippen molar-refractivity contribution in [3.8, 4) is 11.5 Å². The quantitative estimate of drug-likeness (QED) is 0.0630. The second-order valence-electron chi connectivity index (χ2n) is 11.0. The third kappa shape index (κ3) is 8.23. The predicted octanol–water partition coefficient (Wildman–Crippen LogP) is 6.78. The fourth-order valence-corrected chi connectivity index (χ4v) is 5.62. The second kappa shape index (κ2) is 16.0. The van der Waals surface area contributed by atoms with Crippen molar-refractivity contribution in [2.24, 2.45) is 10.1 Å². The molecule has 1 heterocycles. The van der Waals surface area contributed by atoms with E-state index in [-0.39, 0.29) is 25.5 Å². The first-order valence-electron chi connectivity index (χ1n) is 15.3. The summed E-state index contributed by atoms with van der Waals surface area (Å²) in [5.41, 5.74) is 11.6. The van der Waals surface area contributed by atoms with Gasteiger partial charge in [0.1, 0.15) is 11.5 Å². The highest BCUT2D eigenvalue weighted by Crippen LogP contribution is 2.43. The number of halogens is 1. The molecule has 10 nitrogen and oxygen atoms in total. The summed E-state index contributed by atoms with van der Waals surface area (Å²) in [5, 5.41) is 16.7. The van der Waals surface area contributed by atoms with E-state index in [1.54, 1.807) is 19.2 Å². The van der Waals surface area contributed by atoms with Gasteiger partial charge >= 0.3 is 0 Å². The van der Waals surface area contributed by atoms with Gasteiger partial charge in [0.25, 0.3) is 5.91 Å². The highest BCUT2D eigenvalue weighted by molar-refractivity contribution is 6.30. The summed E-state index contributed by atoms with van der Waals surface area (Å²) in [6.45, 7) is 0.919. The molecule has 4 aromatic carbocycles. The first kappa shape index (κ1) is 33.3. The fraction of sp³-hybridized carbons (Fsp3) is 0.278. The molecular formula is C36H36ClN5O5. The van der Waals surface area contributed by atoms with E-state index >= 15 is 0 Å². The maximum absolute atomic E-state index is 14.6. The van der Waals surface area contributed by atoms with Crippen LogP contribution in [0.25, 0.3) is 10.4 Å². The summed E-state index contributed by atoms with van der Waals surface area (Å²) in [6.07, 6.45) is 0.461. The number of methoxy groups -OCH3 is 1. The van der Waals surface area contributed by atoms with E-state index in [1.807, 2.05) is 84.9 Å². The van der Waals surface area contributed by atoms with Crippen LogP contribution in [0, 0.1) is 0 Å². The molecule has 242 valence electrons. The number of aliphatic hydroxyl groups is 1. The Morgan fingerprint density at radius 1 is 1.04 bits per heavy atom. The van der Waals surface area contributed by atoms with Crippen molar-refractivity contribution < 1.29 is 24.1 Å². The van der Waals surface area contributed by atoms with Crippen molar-refractivity contribution in [3.63, 3.8) is 0 Å². The number of aliphatic imine (C=N–C) groups is 1. The molecule has 0 saturated heterocycles. The minimum absolute atomic E-state index is 0.0459. The number of nitrogens with one attached hydrogen (secondary N) is 1. The van der Waals surface area contributed by atoms with Crippen molar-refractivity contribution in [2.75, 3.05) is 26.9 Å². The molecule has 2 atom stereocenters. The average molecular weight is 654 g/mol. The number of azide groups is 1. The van der Waals surface area contributed by atoms with Crippen molar-refractivity contribution in [3.05, 3.63) is 140 Å². The monoisotopic (exact) mass is 653 g/mol. The van der Waals surface area contributed by atoms with Crippen LogP contribution >= 0.6 is 11.6 Å². The number of aliphatic hydroxyl groups excluding tert-OH is 1. The Hall–Kier alpha value is -5.02. The molecular weight excluding hydrogens is 618 g/mol. The van der Waals surface area contributed by atoms with Gasteiger partial charge in [-0.1, -0.05) is 65.2 Å². The zero-order valence-corrected chi connectivity index (χ0v) is 26.8. The number of amides is 1. The van der Waals surface area contributed by atoms with E-state index in [4.69, 9.17) is 41.4 Å². The van der Waals surface area contributed by atoms with Crippen LogP contribution < -0.4 is 14.8 Å². The number of rotatable bonds is 15. The van der Waals surface area contributed by atoms with Crippen LogP contribution in [0.15, 0.2) is 107 Å². The van der Waals surface area contributed by atoms with E-state index in [9.17, 15) is 4.79 Å². The first-order chi connectivity index (χ1) is 23.0. The molecule has 2 N–H and O–H groups in total. The standard InChI is InChI=1S/C36H36ClN5O5/c1-45-32-9-4-8-27(22-32)33-36(23-28-6-2-3-7-29(28)24-40-42-38,35(44)39-19-18-25-10-14-30(37)15-11-25)41-34(47-33)26-12-16-31(17-13-26)46-21-5-20-43/h2-4,6-17,22,33,43H,5,18-21,23-24H2,1H3,(H,39,44)/t33-,36-/m1/s1. The van der Waals surface area contributed by atoms with Gasteiger partial charge in [0.2, 0.25) is 5.90 Å². The fourth-order valence-electron chi connectivity index (χ4n) is 5.49. The predicted molar refractivity (Wildman–Crippen MR) is 181 cm³/mol. The van der Waals surface area contributed by atoms with Gasteiger partial charge in [0.15, 0.2) is 11.6 Å². The van der Waals surface area contributed by atoms with Crippen LogP contribution in [0.4, 0.5) is 0 Å². The smallest absolute Gasteiger partial charge is 0.252 e. The van der Waals surface area contributed by atoms with Crippen LogP contribution in [0.1, 0.15) is 40.3 Å². The maximum atomic E-state index is 14.6. The third-order valence-electron chi connectivity index (χ3n) is 7.92. The number of hydrogen-bond acceptors (Lipinski definition) is 7. The molecule has 0 aromatic heterocycles. The minimum Gasteiger partial charge on any atom is -0.497 e. The Labute approximate surface area is 278 Å². The number of carbonyl (C=O) groups excluding carboxylic acids is 1. The van der Waals surface area contributed by atoms with E-state index in [1.165, 1.54) is 0 Å². The molecule has 1 aliphatic rings. The number of carbonyl (C=O) groups is 1. The van der Waals surface area contributed by atoms with Gasteiger partial charge in [-0.05, 0) is 82.7 Å². The Balaban J connectivity index is 1.57. The maximum Gasteiger partial charge on any atom is 0.252 e. The van der Waals surface area contributed by atoms with Gasteiger partial charge < -0.3 is 24.6 Å². The minimum atomic E-state index is -1.44. The van der Waals surface area contributed by atoms with Crippen LogP contribution in [0.2, 0.25) is 5.02 Å². The molecule has 0 unspecified atom stereocenters. The Morgan fingerprint density at radius 3 is 2.53 bits per heavy atom. The van der Waals surface area contributed by atoms with Gasteiger partial charge in [-0.3, -0.25) is 4.79 Å². The van der Waals surface area contributed by atoms with Crippen LogP contribution in [-0.4, -0.2) is 49.3 Å². The number of nitrogens with zero attached hydrogens (tertiary/aromatic N) is 4. The molecule has 5 rings (SSSR count). The Morgan fingerprint density at radius 2 is 1.81 bits per heavy atom. The van der Waals surface area contributed by atoms with Crippen LogP contribution in [0.3, 0.4) is 0 Å². The van der Waals surface area contributed by atoms with Gasteiger partial charge in [-0.15, -0.1) is 0 Å². The second-order valence-corrected chi connectivity index (χ2v) is 11.5. The lowest BCUT2D eigenvalue weighted by molar-refractivity contribution is -0.128. The summed E-state index contributed by atoms with van der Waals surface area (Å²) in [5.74, 6) is 1.25. The van der Waals surface area contributed by atoms with Gasteiger partial charge in [-0.25, -0.2) is 4.99 Å². The Kier molecular flexibility index (Phi) is 11.4. The lowest BCUT2D eigenvalue weighted by atomic mass is 9.80. The molecule has 1 aliphatic heterocycles. The molecule has 1 amide bonds. The lowest BCUT2D eigenvalue weighted by Crippen LogP contribution is -2.50. The largest absolute Gasteiger partial charge is 0.497 e. The molecule has 0 bridgehead atoms. The molecule has 0 radical (unpaired) electrons. The Bertz CT molecular complexity index is 1740. The number of benzene rings is 4. The average Bonchev–Trinajstić information content (AvgIpc) is 3.49. The van der Waals surface area contributed by atoms with E-state index in [0.29, 0.717) is 59.5 Å². The van der Waals surface area contributed by atoms with E-state index < -0.39 is 11.6 Å². The van der Waals surface area contributed by atoms with Crippen LogP contribution in [-0.2, 0) is 28.9 Å². The highest BCUT2D eigenvalue weighted by Gasteiger charge is 2.53. The zero-order chi connectivity index (χ0) is 33.1. The molecule has 0 spiro atoms. The normalized spacial score (nSPS) is 16.8. The molecule has 47 heavy (non-hydrogen) atoms. The van der Waals surface area contributed by atoms with E-state index in [2.05, 4.69) is 15.3 Å². The summed E-state index contributed by atoms with van der Waals surface area (Å²) >= 11 is 6.07.